The number of likely N-dealkylation sites (tertiary alicyclic amines) is 1. The number of methoxy groups -OCH3 is 1. The van der Waals surface area contributed by atoms with E-state index in [0.717, 1.165) is 11.3 Å². The SMILES string of the molecule is C#CCNC(=O)[C@H](C)N1CCN(C(=O)[C@H]2CC(=O)N(Cc3ccc(OC)cc3)C2)CC1. The standard InChI is InChI=1S/C23H30N4O4/c1-4-9-24-22(29)17(2)25-10-12-26(13-11-25)23(30)19-14-21(28)27(16-19)15-18-5-7-20(31-3)8-6-18/h1,5-8,17,19H,9-16H2,2-3H3,(H,24,29)/t17-,19-/m0/s1. The second-order valence-electron chi connectivity index (χ2n) is 7.98. The lowest BCUT2D eigenvalue weighted by Crippen LogP contribution is -2.55. The lowest BCUT2D eigenvalue weighted by atomic mass is 10.1. The number of rotatable bonds is 7. The number of nitrogens with one attached hydrogen (secondary N) is 1. The Morgan fingerprint density at radius 1 is 1.23 bits per heavy atom. The number of hydrogen-bond donors (Lipinski definition) is 1. The topological polar surface area (TPSA) is 82.2 Å². The molecule has 0 bridgehead atoms. The summed E-state index contributed by atoms with van der Waals surface area (Å²) in [5.41, 5.74) is 1.01. The molecule has 2 aliphatic heterocycles. The van der Waals surface area contributed by atoms with Crippen molar-refractivity contribution in [1.29, 1.82) is 0 Å². The summed E-state index contributed by atoms with van der Waals surface area (Å²) in [5, 5.41) is 2.70. The van der Waals surface area contributed by atoms with E-state index in [2.05, 4.69) is 11.2 Å². The van der Waals surface area contributed by atoms with Gasteiger partial charge in [0.2, 0.25) is 17.7 Å². The monoisotopic (exact) mass is 426 g/mol. The molecule has 0 radical (unpaired) electrons. The zero-order valence-corrected chi connectivity index (χ0v) is 18.2. The number of hydrogen-bond acceptors (Lipinski definition) is 5. The van der Waals surface area contributed by atoms with E-state index in [4.69, 9.17) is 11.2 Å². The third-order valence-electron chi connectivity index (χ3n) is 6.01. The maximum atomic E-state index is 13.0. The third-order valence-corrected chi connectivity index (χ3v) is 6.01. The fourth-order valence-corrected chi connectivity index (χ4v) is 4.08. The molecule has 1 N–H and O–H groups in total. The van der Waals surface area contributed by atoms with Gasteiger partial charge < -0.3 is 19.9 Å². The van der Waals surface area contributed by atoms with Gasteiger partial charge in [-0.3, -0.25) is 19.3 Å². The van der Waals surface area contributed by atoms with Crippen molar-refractivity contribution in [1.82, 2.24) is 20.0 Å². The maximum absolute atomic E-state index is 13.0. The molecule has 1 aromatic carbocycles. The molecule has 0 unspecified atom stereocenters. The third kappa shape index (κ3) is 5.56. The Bertz CT molecular complexity index is 840. The van der Waals surface area contributed by atoms with Gasteiger partial charge in [-0.05, 0) is 24.6 Å². The number of benzene rings is 1. The number of carbonyl (C=O) groups is 3. The Balaban J connectivity index is 1.49. The Morgan fingerprint density at radius 2 is 1.90 bits per heavy atom. The van der Waals surface area contributed by atoms with Crippen LogP contribution < -0.4 is 10.1 Å². The smallest absolute Gasteiger partial charge is 0.237 e. The summed E-state index contributed by atoms with van der Waals surface area (Å²) in [7, 11) is 1.61. The van der Waals surface area contributed by atoms with Gasteiger partial charge >= 0.3 is 0 Å². The van der Waals surface area contributed by atoms with Crippen LogP contribution in [0.25, 0.3) is 0 Å². The molecule has 2 aliphatic rings. The van der Waals surface area contributed by atoms with Crippen LogP contribution >= 0.6 is 0 Å². The highest BCUT2D eigenvalue weighted by Gasteiger charge is 2.37. The quantitative estimate of drug-likeness (QED) is 0.636. The van der Waals surface area contributed by atoms with Crippen molar-refractivity contribution in [2.75, 3.05) is 46.4 Å². The maximum Gasteiger partial charge on any atom is 0.237 e. The van der Waals surface area contributed by atoms with Crippen LogP contribution in [0, 0.1) is 18.3 Å². The lowest BCUT2D eigenvalue weighted by molar-refractivity contribution is -0.138. The second-order valence-corrected chi connectivity index (χ2v) is 7.98. The minimum Gasteiger partial charge on any atom is -0.497 e. The Labute approximate surface area is 183 Å². The van der Waals surface area contributed by atoms with Gasteiger partial charge in [0, 0.05) is 45.7 Å². The molecule has 166 valence electrons. The highest BCUT2D eigenvalue weighted by atomic mass is 16.5. The average Bonchev–Trinajstić information content (AvgIpc) is 3.17. The molecule has 0 saturated carbocycles. The summed E-state index contributed by atoms with van der Waals surface area (Å²) in [4.78, 5) is 43.2. The van der Waals surface area contributed by atoms with E-state index in [0.29, 0.717) is 39.3 Å². The van der Waals surface area contributed by atoms with Gasteiger partial charge in [-0.1, -0.05) is 18.1 Å². The summed E-state index contributed by atoms with van der Waals surface area (Å²) < 4.78 is 5.16. The Kier molecular flexibility index (Phi) is 7.53. The summed E-state index contributed by atoms with van der Waals surface area (Å²) >= 11 is 0. The van der Waals surface area contributed by atoms with Crippen LogP contribution in [0.1, 0.15) is 18.9 Å². The van der Waals surface area contributed by atoms with E-state index in [9.17, 15) is 14.4 Å². The first-order chi connectivity index (χ1) is 14.9. The molecular weight excluding hydrogens is 396 g/mol. The molecular formula is C23H30N4O4. The van der Waals surface area contributed by atoms with Crippen LogP contribution in [-0.2, 0) is 20.9 Å². The van der Waals surface area contributed by atoms with Gasteiger partial charge in [0.15, 0.2) is 0 Å². The second kappa shape index (κ2) is 10.3. The molecule has 2 heterocycles. The van der Waals surface area contributed by atoms with Crippen LogP contribution in [0.5, 0.6) is 5.75 Å². The molecule has 2 atom stereocenters. The van der Waals surface area contributed by atoms with Crippen molar-refractivity contribution in [3.05, 3.63) is 29.8 Å². The molecule has 1 aromatic rings. The molecule has 31 heavy (non-hydrogen) atoms. The first kappa shape index (κ1) is 22.6. The molecule has 0 aliphatic carbocycles. The van der Waals surface area contributed by atoms with Crippen molar-refractivity contribution < 1.29 is 19.1 Å². The van der Waals surface area contributed by atoms with Crippen molar-refractivity contribution in [2.24, 2.45) is 5.92 Å². The molecule has 3 amide bonds. The van der Waals surface area contributed by atoms with Crippen LogP contribution in [0.2, 0.25) is 0 Å². The largest absolute Gasteiger partial charge is 0.497 e. The molecule has 8 nitrogen and oxygen atoms in total. The van der Waals surface area contributed by atoms with Crippen LogP contribution in [0.15, 0.2) is 24.3 Å². The van der Waals surface area contributed by atoms with Crippen LogP contribution in [-0.4, -0.2) is 84.8 Å². The molecule has 2 fully saturated rings. The first-order valence-electron chi connectivity index (χ1n) is 10.6. The summed E-state index contributed by atoms with van der Waals surface area (Å²) in [6, 6.07) is 7.30. The van der Waals surface area contributed by atoms with Gasteiger partial charge in [-0.15, -0.1) is 6.42 Å². The van der Waals surface area contributed by atoms with Crippen LogP contribution in [0.4, 0.5) is 0 Å². The summed E-state index contributed by atoms with van der Waals surface area (Å²) in [5.74, 6) is 2.78. The molecule has 2 saturated heterocycles. The normalized spacial score (nSPS) is 20.3. The van der Waals surface area contributed by atoms with Gasteiger partial charge in [0.1, 0.15) is 5.75 Å². The van der Waals surface area contributed by atoms with E-state index in [1.54, 1.807) is 12.0 Å². The minimum absolute atomic E-state index is 0.00612. The zero-order valence-electron chi connectivity index (χ0n) is 18.2. The van der Waals surface area contributed by atoms with E-state index in [-0.39, 0.29) is 42.6 Å². The fourth-order valence-electron chi connectivity index (χ4n) is 4.08. The number of ether oxygens (including phenoxy) is 1. The summed E-state index contributed by atoms with van der Waals surface area (Å²) in [6.07, 6.45) is 5.44. The van der Waals surface area contributed by atoms with Crippen molar-refractivity contribution in [3.8, 4) is 18.1 Å². The van der Waals surface area contributed by atoms with Gasteiger partial charge in [0.25, 0.3) is 0 Å². The number of amides is 3. The predicted molar refractivity (Wildman–Crippen MR) is 116 cm³/mol. The lowest BCUT2D eigenvalue weighted by Gasteiger charge is -2.38. The van der Waals surface area contributed by atoms with Gasteiger partial charge in [0.05, 0.1) is 25.6 Å². The van der Waals surface area contributed by atoms with E-state index in [1.807, 2.05) is 41.0 Å². The van der Waals surface area contributed by atoms with Crippen molar-refractivity contribution in [2.45, 2.75) is 25.9 Å². The number of piperazine rings is 1. The van der Waals surface area contributed by atoms with E-state index < -0.39 is 0 Å². The van der Waals surface area contributed by atoms with Crippen LogP contribution in [0.3, 0.4) is 0 Å². The average molecular weight is 427 g/mol. The predicted octanol–water partition coefficient (Wildman–Crippen LogP) is 0.326. The highest BCUT2D eigenvalue weighted by Crippen LogP contribution is 2.24. The van der Waals surface area contributed by atoms with Crippen molar-refractivity contribution >= 4 is 17.7 Å². The molecule has 8 heteroatoms. The minimum atomic E-state index is -0.311. The fraction of sp³-hybridized carbons (Fsp3) is 0.522. The number of terminal acetylenes is 1. The molecule has 3 rings (SSSR count). The molecule has 0 spiro atoms. The van der Waals surface area contributed by atoms with E-state index in [1.165, 1.54) is 0 Å². The Hall–Kier alpha value is -3.05. The zero-order chi connectivity index (χ0) is 22.4. The Morgan fingerprint density at radius 3 is 2.52 bits per heavy atom. The van der Waals surface area contributed by atoms with Gasteiger partial charge in [-0.2, -0.15) is 0 Å². The first-order valence-corrected chi connectivity index (χ1v) is 10.6. The highest BCUT2D eigenvalue weighted by molar-refractivity contribution is 5.89. The number of carbonyl (C=O) groups excluding carboxylic acids is 3. The van der Waals surface area contributed by atoms with Gasteiger partial charge in [-0.25, -0.2) is 0 Å². The van der Waals surface area contributed by atoms with Crippen molar-refractivity contribution in [3.63, 3.8) is 0 Å². The van der Waals surface area contributed by atoms with E-state index >= 15 is 0 Å². The molecule has 0 aromatic heterocycles. The summed E-state index contributed by atoms with van der Waals surface area (Å²) in [6.45, 7) is 5.32. The number of nitrogens with zero attached hydrogens (tertiary/aromatic N) is 3.